The van der Waals surface area contributed by atoms with E-state index >= 15 is 0 Å². The predicted octanol–water partition coefficient (Wildman–Crippen LogP) is 4.47. The summed E-state index contributed by atoms with van der Waals surface area (Å²) in [6.45, 7) is 0. The van der Waals surface area contributed by atoms with E-state index in [0.29, 0.717) is 21.3 Å². The number of nitro groups is 1. The fourth-order valence-electron chi connectivity index (χ4n) is 2.31. The molecule has 0 unspecified atom stereocenters. The molecule has 0 radical (unpaired) electrons. The molecule has 2 aromatic rings. The molecule has 0 amide bonds. The number of carbonyl (C=O) groups is 1. The Balaban J connectivity index is 1.98. The van der Waals surface area contributed by atoms with Crippen molar-refractivity contribution in [2.45, 2.75) is 0 Å². The molecule has 3 rings (SSSR count). The normalized spacial score (nSPS) is 15.0. The lowest BCUT2D eigenvalue weighted by Crippen LogP contribution is -2.05. The quantitative estimate of drug-likeness (QED) is 0.278. The van der Waals surface area contributed by atoms with Crippen LogP contribution in [0.15, 0.2) is 56.0 Å². The molecule has 26 heavy (non-hydrogen) atoms. The van der Waals surface area contributed by atoms with Crippen molar-refractivity contribution in [3.8, 4) is 5.75 Å². The minimum absolute atomic E-state index is 0.0573. The van der Waals surface area contributed by atoms with Crippen molar-refractivity contribution >= 4 is 55.5 Å². The van der Waals surface area contributed by atoms with Crippen LogP contribution in [0.25, 0.3) is 6.08 Å². The lowest BCUT2D eigenvalue weighted by molar-refractivity contribution is -0.384. The van der Waals surface area contributed by atoms with E-state index < -0.39 is 10.9 Å². The van der Waals surface area contributed by atoms with Crippen LogP contribution in [-0.4, -0.2) is 23.9 Å². The van der Waals surface area contributed by atoms with Crippen molar-refractivity contribution in [1.29, 1.82) is 0 Å². The van der Waals surface area contributed by atoms with E-state index in [0.717, 1.165) is 4.47 Å². The first-order valence-corrected chi connectivity index (χ1v) is 8.78. The lowest BCUT2D eigenvalue weighted by Gasteiger charge is -2.08. The second-order valence-corrected chi connectivity index (χ2v) is 6.92. The number of methoxy groups -OCH3 is 1. The van der Waals surface area contributed by atoms with Gasteiger partial charge in [0.2, 0.25) is 5.90 Å². The number of benzene rings is 2. The van der Waals surface area contributed by atoms with Crippen molar-refractivity contribution in [3.05, 3.63) is 72.3 Å². The van der Waals surface area contributed by atoms with Crippen LogP contribution in [0.5, 0.6) is 5.75 Å². The number of cyclic esters (lactones) is 1. The van der Waals surface area contributed by atoms with Gasteiger partial charge in [-0.05, 0) is 46.3 Å². The summed E-state index contributed by atoms with van der Waals surface area (Å²) >= 11 is 6.78. The largest absolute Gasteiger partial charge is 0.495 e. The van der Waals surface area contributed by atoms with Crippen LogP contribution in [0.2, 0.25) is 0 Å². The zero-order chi connectivity index (χ0) is 18.8. The van der Waals surface area contributed by atoms with E-state index in [2.05, 4.69) is 36.9 Å². The number of non-ortho nitro benzene ring substituents is 1. The van der Waals surface area contributed by atoms with Gasteiger partial charge < -0.3 is 9.47 Å². The molecule has 0 atom stereocenters. The number of rotatable bonds is 4. The maximum Gasteiger partial charge on any atom is 0.363 e. The molecule has 1 aliphatic rings. The van der Waals surface area contributed by atoms with Crippen LogP contribution in [0.1, 0.15) is 11.1 Å². The molecule has 9 heteroatoms. The third-order valence-electron chi connectivity index (χ3n) is 3.48. The van der Waals surface area contributed by atoms with Crippen molar-refractivity contribution in [2.24, 2.45) is 4.99 Å². The standard InChI is InChI=1S/C17H10Br2N2O5/c1-25-15-10(6-11(18)8-13(15)19)7-14-17(22)26-16(20-14)9-2-4-12(5-3-9)21(23)24/h2-8H,1H3/b14-7-. The highest BCUT2D eigenvalue weighted by Crippen LogP contribution is 2.34. The topological polar surface area (TPSA) is 91.0 Å². The summed E-state index contributed by atoms with van der Waals surface area (Å²) in [6.07, 6.45) is 1.55. The summed E-state index contributed by atoms with van der Waals surface area (Å²) in [5, 5.41) is 10.7. The average molecular weight is 482 g/mol. The fourth-order valence-corrected chi connectivity index (χ4v) is 3.73. The minimum Gasteiger partial charge on any atom is -0.495 e. The van der Waals surface area contributed by atoms with Crippen LogP contribution in [0.4, 0.5) is 5.69 Å². The summed E-state index contributed by atoms with van der Waals surface area (Å²) < 4.78 is 12.0. The number of carbonyl (C=O) groups excluding carboxylic acids is 1. The highest BCUT2D eigenvalue weighted by molar-refractivity contribution is 9.11. The van der Waals surface area contributed by atoms with E-state index in [1.165, 1.54) is 31.4 Å². The number of hydrogen-bond donors (Lipinski definition) is 0. The van der Waals surface area contributed by atoms with Gasteiger partial charge in [0.25, 0.3) is 5.69 Å². The van der Waals surface area contributed by atoms with E-state index in [9.17, 15) is 14.9 Å². The van der Waals surface area contributed by atoms with Crippen LogP contribution in [0, 0.1) is 10.1 Å². The van der Waals surface area contributed by atoms with Crippen molar-refractivity contribution in [1.82, 2.24) is 0 Å². The minimum atomic E-state index is -0.614. The first kappa shape index (κ1) is 18.3. The first-order chi connectivity index (χ1) is 12.4. The second kappa shape index (κ2) is 7.38. The fraction of sp³-hybridized carbons (Fsp3) is 0.0588. The Labute approximate surface area is 164 Å². The van der Waals surface area contributed by atoms with Gasteiger partial charge in [-0.15, -0.1) is 0 Å². The maximum atomic E-state index is 12.1. The summed E-state index contributed by atoms with van der Waals surface area (Å²) in [5.41, 5.74) is 1.14. The van der Waals surface area contributed by atoms with E-state index in [4.69, 9.17) is 9.47 Å². The van der Waals surface area contributed by atoms with Crippen LogP contribution in [0.3, 0.4) is 0 Å². The Kier molecular flexibility index (Phi) is 5.19. The molecule has 0 fully saturated rings. The molecular formula is C17H10Br2N2O5. The lowest BCUT2D eigenvalue weighted by atomic mass is 10.1. The molecule has 0 aliphatic carbocycles. The molecule has 1 heterocycles. The van der Waals surface area contributed by atoms with Gasteiger partial charge in [-0.1, -0.05) is 15.9 Å². The van der Waals surface area contributed by atoms with Gasteiger partial charge in [-0.3, -0.25) is 10.1 Å². The van der Waals surface area contributed by atoms with E-state index in [1.807, 2.05) is 6.07 Å². The van der Waals surface area contributed by atoms with Gasteiger partial charge >= 0.3 is 5.97 Å². The monoisotopic (exact) mass is 480 g/mol. The van der Waals surface area contributed by atoms with Crippen molar-refractivity contribution in [2.75, 3.05) is 7.11 Å². The third-order valence-corrected chi connectivity index (χ3v) is 4.53. The first-order valence-electron chi connectivity index (χ1n) is 7.19. The van der Waals surface area contributed by atoms with Crippen molar-refractivity contribution in [3.63, 3.8) is 0 Å². The molecule has 2 aromatic carbocycles. The molecule has 0 N–H and O–H groups in total. The molecule has 1 aliphatic heterocycles. The zero-order valence-electron chi connectivity index (χ0n) is 13.2. The molecule has 0 aromatic heterocycles. The highest BCUT2D eigenvalue weighted by atomic mass is 79.9. The summed E-state index contributed by atoms with van der Waals surface area (Å²) in [5.74, 6) is 0.0215. The Morgan fingerprint density at radius 3 is 2.54 bits per heavy atom. The van der Waals surface area contributed by atoms with E-state index in [1.54, 1.807) is 12.1 Å². The highest BCUT2D eigenvalue weighted by Gasteiger charge is 2.25. The Bertz CT molecular complexity index is 968. The number of esters is 1. The number of nitrogens with zero attached hydrogens (tertiary/aromatic N) is 2. The van der Waals surface area contributed by atoms with Gasteiger partial charge in [-0.25, -0.2) is 9.79 Å². The molecule has 0 bridgehead atoms. The van der Waals surface area contributed by atoms with Gasteiger partial charge in [0, 0.05) is 27.7 Å². The van der Waals surface area contributed by atoms with Gasteiger partial charge in [0.15, 0.2) is 5.70 Å². The maximum absolute atomic E-state index is 12.1. The number of halogens is 2. The average Bonchev–Trinajstić information content (AvgIpc) is 2.95. The molecular weight excluding hydrogens is 472 g/mol. The number of nitro benzene ring substituents is 1. The molecule has 0 saturated carbocycles. The molecule has 0 spiro atoms. The smallest absolute Gasteiger partial charge is 0.363 e. The molecule has 132 valence electrons. The molecule has 7 nitrogen and oxygen atoms in total. The number of ether oxygens (including phenoxy) is 2. The van der Waals surface area contributed by atoms with Gasteiger partial charge in [0.05, 0.1) is 16.5 Å². The van der Waals surface area contributed by atoms with Gasteiger partial charge in [0.1, 0.15) is 5.75 Å². The predicted molar refractivity (Wildman–Crippen MR) is 102 cm³/mol. The summed E-state index contributed by atoms with van der Waals surface area (Å²) in [7, 11) is 1.52. The zero-order valence-corrected chi connectivity index (χ0v) is 16.4. The third kappa shape index (κ3) is 3.68. The number of hydrogen-bond acceptors (Lipinski definition) is 6. The SMILES string of the molecule is COc1c(Br)cc(Br)cc1/C=C1\N=C(c2ccc([N+](=O)[O-])cc2)OC1=O. The summed E-state index contributed by atoms with van der Waals surface area (Å²) in [6, 6.07) is 9.19. The second-order valence-electron chi connectivity index (χ2n) is 5.15. The Morgan fingerprint density at radius 1 is 1.23 bits per heavy atom. The van der Waals surface area contributed by atoms with Gasteiger partial charge in [-0.2, -0.15) is 0 Å². The Morgan fingerprint density at radius 2 is 1.92 bits per heavy atom. The van der Waals surface area contributed by atoms with Crippen LogP contribution in [-0.2, 0) is 9.53 Å². The van der Waals surface area contributed by atoms with Crippen molar-refractivity contribution < 1.29 is 19.2 Å². The molecule has 0 saturated heterocycles. The summed E-state index contributed by atoms with van der Waals surface area (Å²) in [4.78, 5) is 26.5. The van der Waals surface area contributed by atoms with Crippen LogP contribution >= 0.6 is 31.9 Å². The van der Waals surface area contributed by atoms with Crippen LogP contribution < -0.4 is 4.74 Å². The Hall–Kier alpha value is -2.52. The number of aliphatic imine (C=N–C) groups is 1. The van der Waals surface area contributed by atoms with E-state index in [-0.39, 0.29) is 17.3 Å².